The Morgan fingerprint density at radius 2 is 1.52 bits per heavy atom. The lowest BCUT2D eigenvalue weighted by molar-refractivity contribution is -0.113. The summed E-state index contributed by atoms with van der Waals surface area (Å²) in [5.41, 5.74) is 7.33. The van der Waals surface area contributed by atoms with E-state index in [0.717, 1.165) is 50.4 Å². The van der Waals surface area contributed by atoms with Crippen LogP contribution >= 0.6 is 0 Å². The maximum absolute atomic E-state index is 12.3. The number of ether oxygens (including phenoxy) is 1. The Hall–Kier alpha value is -2.01. The van der Waals surface area contributed by atoms with Gasteiger partial charge in [0.1, 0.15) is 5.82 Å². The maximum atomic E-state index is 12.3. The van der Waals surface area contributed by atoms with E-state index in [2.05, 4.69) is 9.80 Å². The van der Waals surface area contributed by atoms with E-state index in [1.807, 2.05) is 30.3 Å². The van der Waals surface area contributed by atoms with Gasteiger partial charge in [0, 0.05) is 26.2 Å². The number of hydrogen-bond acceptors (Lipinski definition) is 4. The van der Waals surface area contributed by atoms with Gasteiger partial charge in [0.25, 0.3) is 5.91 Å². The van der Waals surface area contributed by atoms with Gasteiger partial charge in [-0.2, -0.15) is 0 Å². The van der Waals surface area contributed by atoms with E-state index in [4.69, 9.17) is 10.5 Å². The van der Waals surface area contributed by atoms with E-state index >= 15 is 0 Å². The van der Waals surface area contributed by atoms with Crippen molar-refractivity contribution < 1.29 is 9.53 Å². The van der Waals surface area contributed by atoms with Crippen LogP contribution in [0.3, 0.4) is 0 Å². The topological polar surface area (TPSA) is 58.8 Å². The average molecular weight is 315 g/mol. The number of benzene rings is 1. The second kappa shape index (κ2) is 7.51. The van der Waals surface area contributed by atoms with Crippen LogP contribution in [-0.2, 0) is 9.53 Å². The van der Waals surface area contributed by atoms with Crippen molar-refractivity contribution in [1.82, 2.24) is 9.80 Å². The van der Waals surface area contributed by atoms with Crippen LogP contribution in [-0.4, -0.2) is 55.1 Å². The predicted octanol–water partition coefficient (Wildman–Crippen LogP) is 1.66. The highest BCUT2D eigenvalue weighted by Gasteiger charge is 2.27. The van der Waals surface area contributed by atoms with E-state index < -0.39 is 0 Å². The third kappa shape index (κ3) is 3.67. The molecule has 3 rings (SSSR count). The molecular weight excluding hydrogens is 290 g/mol. The standard InChI is InChI=1S/C18H25N3O2/c19-17(22)16(15-7-3-1-4-8-15)18(20-9-5-2-6-10-20)21-11-13-23-14-12-21/h1,3-4,7-8H,2,5-6,9-14H2,(H2,19,22). The van der Waals surface area contributed by atoms with Crippen LogP contribution in [0, 0.1) is 0 Å². The number of amides is 1. The molecule has 124 valence electrons. The number of hydrogen-bond donors (Lipinski definition) is 1. The SMILES string of the molecule is NC(=O)C(=C(N1CCCCC1)N1CCOCC1)c1ccccc1. The Balaban J connectivity index is 2.06. The number of carbonyl (C=O) groups excluding carboxylic acids is 1. The molecule has 5 heteroatoms. The zero-order chi connectivity index (χ0) is 16.1. The van der Waals surface area contributed by atoms with Gasteiger partial charge in [-0.15, -0.1) is 0 Å². The number of carbonyl (C=O) groups is 1. The summed E-state index contributed by atoms with van der Waals surface area (Å²) in [5, 5.41) is 0. The highest BCUT2D eigenvalue weighted by Crippen LogP contribution is 2.27. The molecule has 1 aromatic rings. The van der Waals surface area contributed by atoms with Crippen molar-refractivity contribution in [3.05, 3.63) is 41.7 Å². The molecule has 1 amide bonds. The van der Waals surface area contributed by atoms with Crippen LogP contribution in [0.15, 0.2) is 36.2 Å². The summed E-state index contributed by atoms with van der Waals surface area (Å²) in [6.45, 7) is 4.95. The zero-order valence-electron chi connectivity index (χ0n) is 13.5. The van der Waals surface area contributed by atoms with Gasteiger partial charge in [0.05, 0.1) is 18.8 Å². The lowest BCUT2D eigenvalue weighted by Gasteiger charge is -2.41. The molecule has 0 atom stereocenters. The van der Waals surface area contributed by atoms with Crippen LogP contribution in [0.2, 0.25) is 0 Å². The summed E-state index contributed by atoms with van der Waals surface area (Å²) in [6.07, 6.45) is 3.58. The molecule has 2 fully saturated rings. The quantitative estimate of drug-likeness (QED) is 0.859. The molecule has 0 unspecified atom stereocenters. The van der Waals surface area contributed by atoms with Crippen molar-refractivity contribution >= 4 is 11.5 Å². The van der Waals surface area contributed by atoms with E-state index in [-0.39, 0.29) is 5.91 Å². The van der Waals surface area contributed by atoms with Crippen LogP contribution in [0.1, 0.15) is 24.8 Å². The summed E-state index contributed by atoms with van der Waals surface area (Å²) < 4.78 is 5.48. The number of piperidine rings is 1. The van der Waals surface area contributed by atoms with Gasteiger partial charge in [0.2, 0.25) is 0 Å². The molecule has 0 saturated carbocycles. The molecule has 2 aliphatic rings. The molecule has 23 heavy (non-hydrogen) atoms. The van der Waals surface area contributed by atoms with Crippen molar-refractivity contribution in [3.63, 3.8) is 0 Å². The molecule has 2 saturated heterocycles. The molecule has 1 aromatic carbocycles. The summed E-state index contributed by atoms with van der Waals surface area (Å²) in [7, 11) is 0. The number of nitrogens with two attached hydrogens (primary N) is 1. The number of morpholine rings is 1. The molecule has 0 spiro atoms. The van der Waals surface area contributed by atoms with Gasteiger partial charge in [-0.1, -0.05) is 30.3 Å². The average Bonchev–Trinajstić information content (AvgIpc) is 2.61. The number of rotatable bonds is 4. The predicted molar refractivity (Wildman–Crippen MR) is 90.4 cm³/mol. The molecule has 5 nitrogen and oxygen atoms in total. The maximum Gasteiger partial charge on any atom is 0.252 e. The van der Waals surface area contributed by atoms with E-state index in [1.165, 1.54) is 6.42 Å². The first kappa shape index (κ1) is 15.9. The van der Waals surface area contributed by atoms with Crippen LogP contribution in [0.5, 0.6) is 0 Å². The lowest BCUT2D eigenvalue weighted by atomic mass is 10.0. The van der Waals surface area contributed by atoms with Crippen molar-refractivity contribution in [2.24, 2.45) is 5.73 Å². The summed E-state index contributed by atoms with van der Waals surface area (Å²) in [5.74, 6) is 0.634. The van der Waals surface area contributed by atoms with E-state index in [0.29, 0.717) is 18.8 Å². The number of primary amides is 1. The highest BCUT2D eigenvalue weighted by molar-refractivity contribution is 6.19. The van der Waals surface area contributed by atoms with Crippen LogP contribution in [0.4, 0.5) is 0 Å². The first-order chi connectivity index (χ1) is 11.3. The largest absolute Gasteiger partial charge is 0.378 e. The Morgan fingerprint density at radius 1 is 0.913 bits per heavy atom. The van der Waals surface area contributed by atoms with Gasteiger partial charge in [0.15, 0.2) is 0 Å². The number of likely N-dealkylation sites (tertiary alicyclic amines) is 1. The molecule has 2 heterocycles. The van der Waals surface area contributed by atoms with Gasteiger partial charge in [-0.3, -0.25) is 4.79 Å². The fourth-order valence-corrected chi connectivity index (χ4v) is 3.38. The van der Waals surface area contributed by atoms with Crippen molar-refractivity contribution in [2.75, 3.05) is 39.4 Å². The van der Waals surface area contributed by atoms with E-state index in [1.54, 1.807) is 0 Å². The first-order valence-corrected chi connectivity index (χ1v) is 8.44. The van der Waals surface area contributed by atoms with Crippen molar-refractivity contribution in [3.8, 4) is 0 Å². The minimum absolute atomic E-state index is 0.358. The second-order valence-electron chi connectivity index (χ2n) is 6.08. The van der Waals surface area contributed by atoms with Crippen molar-refractivity contribution in [2.45, 2.75) is 19.3 Å². The smallest absolute Gasteiger partial charge is 0.252 e. The Bertz CT molecular complexity index is 539. The molecule has 0 aliphatic carbocycles. The molecule has 2 aliphatic heterocycles. The highest BCUT2D eigenvalue weighted by atomic mass is 16.5. The van der Waals surface area contributed by atoms with Crippen LogP contribution in [0.25, 0.3) is 5.57 Å². The summed E-state index contributed by atoms with van der Waals surface area (Å²) in [6, 6.07) is 9.78. The fraction of sp³-hybridized carbons (Fsp3) is 0.500. The molecule has 2 N–H and O–H groups in total. The first-order valence-electron chi connectivity index (χ1n) is 8.44. The van der Waals surface area contributed by atoms with Gasteiger partial charge < -0.3 is 20.3 Å². The Labute approximate surface area is 137 Å². The fourth-order valence-electron chi connectivity index (χ4n) is 3.38. The van der Waals surface area contributed by atoms with Gasteiger partial charge in [-0.25, -0.2) is 0 Å². The molecular formula is C18H25N3O2. The van der Waals surface area contributed by atoms with Gasteiger partial charge >= 0.3 is 0 Å². The summed E-state index contributed by atoms with van der Waals surface area (Å²) in [4.78, 5) is 16.9. The molecule has 0 bridgehead atoms. The monoisotopic (exact) mass is 315 g/mol. The molecule has 0 radical (unpaired) electrons. The Kier molecular flexibility index (Phi) is 5.18. The third-order valence-corrected chi connectivity index (χ3v) is 4.50. The van der Waals surface area contributed by atoms with E-state index in [9.17, 15) is 4.79 Å². The van der Waals surface area contributed by atoms with Crippen LogP contribution < -0.4 is 5.73 Å². The lowest BCUT2D eigenvalue weighted by Crippen LogP contribution is -2.45. The zero-order valence-corrected chi connectivity index (χ0v) is 13.5. The summed E-state index contributed by atoms with van der Waals surface area (Å²) >= 11 is 0. The second-order valence-corrected chi connectivity index (χ2v) is 6.08. The van der Waals surface area contributed by atoms with Crippen molar-refractivity contribution in [1.29, 1.82) is 0 Å². The van der Waals surface area contributed by atoms with Gasteiger partial charge in [-0.05, 0) is 24.8 Å². The number of nitrogens with zero attached hydrogens (tertiary/aromatic N) is 2. The third-order valence-electron chi connectivity index (χ3n) is 4.50. The molecule has 0 aromatic heterocycles. The minimum atomic E-state index is -0.358. The Morgan fingerprint density at radius 3 is 2.13 bits per heavy atom. The normalized spacial score (nSPS) is 20.2. The minimum Gasteiger partial charge on any atom is -0.378 e.